The van der Waals surface area contributed by atoms with Crippen molar-refractivity contribution in [3.05, 3.63) is 106 Å². The van der Waals surface area contributed by atoms with Crippen molar-refractivity contribution < 1.29 is 19.1 Å². The standard InChI is InChI=1S/C26H19BrN2O4/c1-32-24-13-12-19(27)15-23(24)25(30)29-28-16-17-6-4-9-20(14-17)33-26(31)22-11-5-8-18-7-2-3-10-21(18)22/h2-16H,1H3,(H,29,30)/b28-16-. The highest BCUT2D eigenvalue weighted by Crippen LogP contribution is 2.23. The largest absolute Gasteiger partial charge is 0.496 e. The van der Waals surface area contributed by atoms with Gasteiger partial charge in [-0.2, -0.15) is 5.10 Å². The van der Waals surface area contributed by atoms with Gasteiger partial charge in [-0.25, -0.2) is 10.2 Å². The lowest BCUT2D eigenvalue weighted by Gasteiger charge is -2.08. The minimum Gasteiger partial charge on any atom is -0.496 e. The zero-order chi connectivity index (χ0) is 23.2. The number of hydrogen-bond acceptors (Lipinski definition) is 5. The van der Waals surface area contributed by atoms with Crippen molar-refractivity contribution >= 4 is 44.8 Å². The third-order valence-electron chi connectivity index (χ3n) is 4.86. The summed E-state index contributed by atoms with van der Waals surface area (Å²) < 4.78 is 11.5. The summed E-state index contributed by atoms with van der Waals surface area (Å²) in [6.07, 6.45) is 1.47. The number of nitrogens with one attached hydrogen (secondary N) is 1. The van der Waals surface area contributed by atoms with E-state index in [2.05, 4.69) is 26.5 Å². The first-order valence-electron chi connectivity index (χ1n) is 10.0. The Bertz CT molecular complexity index is 1360. The maximum Gasteiger partial charge on any atom is 0.344 e. The molecule has 0 radical (unpaired) electrons. The van der Waals surface area contributed by atoms with Crippen LogP contribution in [0.3, 0.4) is 0 Å². The number of amides is 1. The summed E-state index contributed by atoms with van der Waals surface area (Å²) in [5.41, 5.74) is 3.97. The molecule has 0 unspecified atom stereocenters. The zero-order valence-electron chi connectivity index (χ0n) is 17.6. The Morgan fingerprint density at radius 3 is 2.55 bits per heavy atom. The summed E-state index contributed by atoms with van der Waals surface area (Å²) in [5.74, 6) is -0.0519. The van der Waals surface area contributed by atoms with E-state index in [0.29, 0.717) is 28.2 Å². The van der Waals surface area contributed by atoms with Gasteiger partial charge in [0.1, 0.15) is 11.5 Å². The number of hydrogen-bond donors (Lipinski definition) is 1. The number of ether oxygens (including phenoxy) is 2. The van der Waals surface area contributed by atoms with Crippen LogP contribution in [0.15, 0.2) is 94.5 Å². The fourth-order valence-corrected chi connectivity index (χ4v) is 3.67. The molecule has 0 saturated carbocycles. The van der Waals surface area contributed by atoms with Gasteiger partial charge in [0, 0.05) is 4.47 Å². The summed E-state index contributed by atoms with van der Waals surface area (Å²) in [6.45, 7) is 0. The number of hydrazone groups is 1. The van der Waals surface area contributed by atoms with Crippen LogP contribution in [0.2, 0.25) is 0 Å². The second-order valence-electron chi connectivity index (χ2n) is 7.03. The van der Waals surface area contributed by atoms with Crippen molar-refractivity contribution in [2.45, 2.75) is 0 Å². The molecule has 0 fully saturated rings. The van der Waals surface area contributed by atoms with Crippen molar-refractivity contribution in [1.29, 1.82) is 0 Å². The molecule has 1 amide bonds. The van der Waals surface area contributed by atoms with E-state index in [1.54, 1.807) is 48.5 Å². The monoisotopic (exact) mass is 502 g/mol. The van der Waals surface area contributed by atoms with Crippen LogP contribution < -0.4 is 14.9 Å². The summed E-state index contributed by atoms with van der Waals surface area (Å²) in [4.78, 5) is 25.2. The number of rotatable bonds is 6. The number of carbonyl (C=O) groups excluding carboxylic acids is 2. The number of methoxy groups -OCH3 is 1. The predicted molar refractivity (Wildman–Crippen MR) is 131 cm³/mol. The molecule has 0 aliphatic heterocycles. The van der Waals surface area contributed by atoms with Crippen molar-refractivity contribution in [2.75, 3.05) is 7.11 Å². The fourth-order valence-electron chi connectivity index (χ4n) is 3.31. The molecule has 7 heteroatoms. The van der Waals surface area contributed by atoms with Gasteiger partial charge in [0.2, 0.25) is 0 Å². The summed E-state index contributed by atoms with van der Waals surface area (Å²) in [6, 6.07) is 25.1. The van der Waals surface area contributed by atoms with Gasteiger partial charge < -0.3 is 9.47 Å². The van der Waals surface area contributed by atoms with E-state index in [-0.39, 0.29) is 0 Å². The summed E-state index contributed by atoms with van der Waals surface area (Å²) >= 11 is 3.34. The Morgan fingerprint density at radius 1 is 0.909 bits per heavy atom. The Labute approximate surface area is 199 Å². The zero-order valence-corrected chi connectivity index (χ0v) is 19.2. The first kappa shape index (κ1) is 22.2. The maximum atomic E-state index is 12.8. The summed E-state index contributed by atoms with van der Waals surface area (Å²) in [7, 11) is 1.49. The Hall–Kier alpha value is -3.97. The summed E-state index contributed by atoms with van der Waals surface area (Å²) in [5, 5.41) is 5.80. The molecule has 0 aliphatic carbocycles. The van der Waals surface area contributed by atoms with Crippen LogP contribution >= 0.6 is 15.9 Å². The SMILES string of the molecule is COc1ccc(Br)cc1C(=O)N/N=C\c1cccc(OC(=O)c2cccc3ccccc23)c1. The van der Waals surface area contributed by atoms with Gasteiger partial charge in [-0.05, 0) is 52.7 Å². The highest BCUT2D eigenvalue weighted by Gasteiger charge is 2.13. The molecule has 0 spiro atoms. The number of nitrogens with zero attached hydrogens (tertiary/aromatic N) is 1. The van der Waals surface area contributed by atoms with Crippen molar-refractivity contribution in [3.8, 4) is 11.5 Å². The molecule has 33 heavy (non-hydrogen) atoms. The van der Waals surface area contributed by atoms with Gasteiger partial charge in [0.05, 0.1) is 24.5 Å². The second-order valence-corrected chi connectivity index (χ2v) is 7.95. The quantitative estimate of drug-likeness (QED) is 0.161. The van der Waals surface area contributed by atoms with Gasteiger partial charge in [-0.1, -0.05) is 64.5 Å². The third kappa shape index (κ3) is 5.27. The molecular weight excluding hydrogens is 484 g/mol. The maximum absolute atomic E-state index is 12.8. The van der Waals surface area contributed by atoms with Crippen molar-refractivity contribution in [3.63, 3.8) is 0 Å². The van der Waals surface area contributed by atoms with E-state index in [1.165, 1.54) is 13.3 Å². The fraction of sp³-hybridized carbons (Fsp3) is 0.0385. The van der Waals surface area contributed by atoms with Crippen LogP contribution in [-0.2, 0) is 0 Å². The molecular formula is C26H19BrN2O4. The van der Waals surface area contributed by atoms with Crippen LogP contribution in [0.5, 0.6) is 11.5 Å². The van der Waals surface area contributed by atoms with Gasteiger partial charge >= 0.3 is 5.97 Å². The first-order chi connectivity index (χ1) is 16.0. The molecule has 4 rings (SSSR count). The van der Waals surface area contributed by atoms with E-state index in [9.17, 15) is 9.59 Å². The molecule has 1 N–H and O–H groups in total. The van der Waals surface area contributed by atoms with Crippen LogP contribution in [0.25, 0.3) is 10.8 Å². The number of carbonyl (C=O) groups is 2. The smallest absolute Gasteiger partial charge is 0.344 e. The molecule has 0 aliphatic rings. The van der Waals surface area contributed by atoms with Gasteiger partial charge in [0.15, 0.2) is 0 Å². The molecule has 0 heterocycles. The average Bonchev–Trinajstić information content (AvgIpc) is 2.83. The number of halogens is 1. The van der Waals surface area contributed by atoms with Crippen LogP contribution in [0.1, 0.15) is 26.3 Å². The van der Waals surface area contributed by atoms with Gasteiger partial charge in [-0.3, -0.25) is 4.79 Å². The average molecular weight is 503 g/mol. The van der Waals surface area contributed by atoms with E-state index in [0.717, 1.165) is 15.2 Å². The molecule has 4 aromatic carbocycles. The van der Waals surface area contributed by atoms with Crippen LogP contribution in [-0.4, -0.2) is 25.2 Å². The van der Waals surface area contributed by atoms with Gasteiger partial charge in [-0.15, -0.1) is 0 Å². The molecule has 4 aromatic rings. The lowest BCUT2D eigenvalue weighted by molar-refractivity contribution is 0.0736. The highest BCUT2D eigenvalue weighted by molar-refractivity contribution is 9.10. The number of esters is 1. The van der Waals surface area contributed by atoms with E-state index in [1.807, 2.05) is 36.4 Å². The van der Waals surface area contributed by atoms with E-state index < -0.39 is 11.9 Å². The molecule has 164 valence electrons. The highest BCUT2D eigenvalue weighted by atomic mass is 79.9. The Balaban J connectivity index is 1.46. The van der Waals surface area contributed by atoms with Crippen LogP contribution in [0.4, 0.5) is 0 Å². The first-order valence-corrected chi connectivity index (χ1v) is 10.8. The molecule has 0 saturated heterocycles. The minimum absolute atomic E-state index is 0.349. The normalized spacial score (nSPS) is 10.8. The lowest BCUT2D eigenvalue weighted by Crippen LogP contribution is -2.18. The van der Waals surface area contributed by atoms with Crippen molar-refractivity contribution in [1.82, 2.24) is 5.43 Å². The van der Waals surface area contributed by atoms with Crippen molar-refractivity contribution in [2.24, 2.45) is 5.10 Å². The topological polar surface area (TPSA) is 77.0 Å². The third-order valence-corrected chi connectivity index (χ3v) is 5.36. The predicted octanol–water partition coefficient (Wildman–Crippen LogP) is 5.59. The van der Waals surface area contributed by atoms with Crippen LogP contribution in [0, 0.1) is 0 Å². The Morgan fingerprint density at radius 2 is 1.70 bits per heavy atom. The Kier molecular flexibility index (Phi) is 6.80. The second kappa shape index (κ2) is 10.1. The number of fused-ring (bicyclic) bond motifs is 1. The lowest BCUT2D eigenvalue weighted by atomic mass is 10.0. The number of benzene rings is 4. The molecule has 0 bridgehead atoms. The molecule has 6 nitrogen and oxygen atoms in total. The molecule has 0 aromatic heterocycles. The van der Waals surface area contributed by atoms with E-state index >= 15 is 0 Å². The van der Waals surface area contributed by atoms with E-state index in [4.69, 9.17) is 9.47 Å². The van der Waals surface area contributed by atoms with Gasteiger partial charge in [0.25, 0.3) is 5.91 Å². The molecule has 0 atom stereocenters. The minimum atomic E-state index is -0.448.